The lowest BCUT2D eigenvalue weighted by molar-refractivity contribution is -0.136. The molecule has 0 bridgehead atoms. The van der Waals surface area contributed by atoms with Crippen molar-refractivity contribution >= 4 is 34.3 Å². The van der Waals surface area contributed by atoms with Crippen molar-refractivity contribution in [1.29, 1.82) is 0 Å². The van der Waals surface area contributed by atoms with Crippen molar-refractivity contribution in [3.8, 4) is 0 Å². The zero-order chi connectivity index (χ0) is 22.9. The van der Waals surface area contributed by atoms with E-state index in [0.717, 1.165) is 12.0 Å². The van der Waals surface area contributed by atoms with E-state index in [2.05, 4.69) is 20.9 Å². The Hall–Kier alpha value is -3.01. The molecule has 0 saturated carbocycles. The normalized spacial score (nSPS) is 15.1. The van der Waals surface area contributed by atoms with Crippen LogP contribution in [0.4, 0.5) is 14.3 Å². The number of carbonyl (C=O) groups is 3. The van der Waals surface area contributed by atoms with Gasteiger partial charge in [0.25, 0.3) is 0 Å². The van der Waals surface area contributed by atoms with Gasteiger partial charge in [0.15, 0.2) is 5.13 Å². The van der Waals surface area contributed by atoms with Crippen LogP contribution < -0.4 is 16.0 Å². The van der Waals surface area contributed by atoms with Gasteiger partial charge in [-0.1, -0.05) is 25.5 Å². The van der Waals surface area contributed by atoms with Crippen LogP contribution in [0.1, 0.15) is 38.2 Å². The molecule has 4 amide bonds. The van der Waals surface area contributed by atoms with Crippen LogP contribution in [0, 0.1) is 11.7 Å². The third-order valence-corrected chi connectivity index (χ3v) is 6.08. The largest absolute Gasteiger partial charge is 0.341 e. The van der Waals surface area contributed by atoms with Gasteiger partial charge < -0.3 is 20.9 Å². The number of halogens is 1. The second kappa shape index (κ2) is 11.6. The van der Waals surface area contributed by atoms with Crippen LogP contribution in [0.2, 0.25) is 0 Å². The summed E-state index contributed by atoms with van der Waals surface area (Å²) in [5, 5.41) is 10.7. The van der Waals surface area contributed by atoms with E-state index >= 15 is 0 Å². The molecule has 1 aliphatic rings. The molecule has 2 aromatic rings. The zero-order valence-electron chi connectivity index (χ0n) is 18.0. The number of carbonyl (C=O) groups excluding carboxylic acids is 3. The third-order valence-electron chi connectivity index (χ3n) is 5.39. The molecule has 8 nitrogen and oxygen atoms in total. The Kier molecular flexibility index (Phi) is 8.55. The predicted molar refractivity (Wildman–Crippen MR) is 121 cm³/mol. The summed E-state index contributed by atoms with van der Waals surface area (Å²) in [7, 11) is 0. The SMILES string of the molecule is CCC[C@H](NC(=O)NCc1ccc(F)cc1)C(=O)N1CCC(C(=O)Nc2nccs2)CC1. The standard InChI is InChI=1S/C22H28FN5O3S/c1-2-3-18(26-21(31)25-14-15-4-6-17(23)7-5-15)20(30)28-11-8-16(9-12-28)19(29)27-22-24-10-13-32-22/h4-7,10,13,16,18H,2-3,8-9,11-12,14H2,1H3,(H,24,27,29)(H2,25,26,31)/t18-/m0/s1. The van der Waals surface area contributed by atoms with E-state index in [0.29, 0.717) is 37.5 Å². The van der Waals surface area contributed by atoms with Gasteiger partial charge in [-0.15, -0.1) is 11.3 Å². The molecule has 1 atom stereocenters. The lowest BCUT2D eigenvalue weighted by Crippen LogP contribution is -2.53. The van der Waals surface area contributed by atoms with Gasteiger partial charge in [0.2, 0.25) is 11.8 Å². The Morgan fingerprint density at radius 2 is 1.94 bits per heavy atom. The first-order valence-corrected chi connectivity index (χ1v) is 11.6. The highest BCUT2D eigenvalue weighted by Crippen LogP contribution is 2.21. The molecule has 1 aliphatic heterocycles. The molecule has 1 aromatic carbocycles. The number of aromatic nitrogens is 1. The number of thiazole rings is 1. The van der Waals surface area contributed by atoms with E-state index in [9.17, 15) is 18.8 Å². The maximum absolute atomic E-state index is 13.0. The summed E-state index contributed by atoms with van der Waals surface area (Å²) in [6, 6.07) is 4.78. The molecule has 1 saturated heterocycles. The van der Waals surface area contributed by atoms with Crippen LogP contribution in [-0.4, -0.2) is 46.9 Å². The fourth-order valence-electron chi connectivity index (χ4n) is 3.62. The number of nitrogens with zero attached hydrogens (tertiary/aromatic N) is 2. The van der Waals surface area contributed by atoms with E-state index < -0.39 is 12.1 Å². The molecule has 0 spiro atoms. The summed E-state index contributed by atoms with van der Waals surface area (Å²) in [6.07, 6.45) is 4.03. The molecule has 0 aliphatic carbocycles. The summed E-state index contributed by atoms with van der Waals surface area (Å²) >= 11 is 1.37. The van der Waals surface area contributed by atoms with Crippen molar-refractivity contribution < 1.29 is 18.8 Å². The second-order valence-electron chi connectivity index (χ2n) is 7.72. The quantitative estimate of drug-likeness (QED) is 0.562. The molecule has 32 heavy (non-hydrogen) atoms. The summed E-state index contributed by atoms with van der Waals surface area (Å²) < 4.78 is 13.0. The number of benzene rings is 1. The Morgan fingerprint density at radius 1 is 1.22 bits per heavy atom. The van der Waals surface area contributed by atoms with Gasteiger partial charge in [-0.25, -0.2) is 14.2 Å². The minimum atomic E-state index is -0.631. The van der Waals surface area contributed by atoms with Crippen molar-refractivity contribution in [2.24, 2.45) is 5.92 Å². The number of piperidine rings is 1. The van der Waals surface area contributed by atoms with Crippen LogP contribution in [-0.2, 0) is 16.1 Å². The highest BCUT2D eigenvalue weighted by Gasteiger charge is 2.31. The van der Waals surface area contributed by atoms with Gasteiger partial charge in [0.05, 0.1) is 0 Å². The van der Waals surface area contributed by atoms with Crippen molar-refractivity contribution in [3.63, 3.8) is 0 Å². The zero-order valence-corrected chi connectivity index (χ0v) is 18.8. The fraction of sp³-hybridized carbons (Fsp3) is 0.455. The first kappa shape index (κ1) is 23.6. The molecule has 3 rings (SSSR count). The van der Waals surface area contributed by atoms with E-state index in [1.54, 1.807) is 28.6 Å². The van der Waals surface area contributed by atoms with Gasteiger partial charge in [-0.2, -0.15) is 0 Å². The van der Waals surface area contributed by atoms with Crippen LogP contribution in [0.3, 0.4) is 0 Å². The average Bonchev–Trinajstić information content (AvgIpc) is 3.31. The summed E-state index contributed by atoms with van der Waals surface area (Å²) in [6.45, 7) is 3.12. The number of hydrogen-bond donors (Lipinski definition) is 3. The second-order valence-corrected chi connectivity index (χ2v) is 8.62. The number of rotatable bonds is 8. The highest BCUT2D eigenvalue weighted by molar-refractivity contribution is 7.13. The van der Waals surface area contributed by atoms with Crippen LogP contribution >= 0.6 is 11.3 Å². The topological polar surface area (TPSA) is 103 Å². The maximum atomic E-state index is 13.0. The Bertz CT molecular complexity index is 899. The molecular formula is C22H28FN5O3S. The fourth-order valence-corrected chi connectivity index (χ4v) is 4.15. The lowest BCUT2D eigenvalue weighted by Gasteiger charge is -2.33. The minimum Gasteiger partial charge on any atom is -0.341 e. The molecule has 2 heterocycles. The summed E-state index contributed by atoms with van der Waals surface area (Å²) in [5.74, 6) is -0.714. The Labute approximate surface area is 190 Å². The van der Waals surface area contributed by atoms with Crippen LogP contribution in [0.25, 0.3) is 0 Å². The first-order valence-electron chi connectivity index (χ1n) is 10.7. The van der Waals surface area contributed by atoms with Gasteiger partial charge in [0, 0.05) is 37.1 Å². The smallest absolute Gasteiger partial charge is 0.315 e. The van der Waals surface area contributed by atoms with Gasteiger partial charge in [-0.05, 0) is 37.0 Å². The van der Waals surface area contributed by atoms with E-state index in [1.165, 1.54) is 23.5 Å². The molecule has 1 aromatic heterocycles. The lowest BCUT2D eigenvalue weighted by atomic mass is 9.95. The number of anilines is 1. The maximum Gasteiger partial charge on any atom is 0.315 e. The number of nitrogens with one attached hydrogen (secondary N) is 3. The minimum absolute atomic E-state index is 0.0737. The molecule has 1 fully saturated rings. The van der Waals surface area contributed by atoms with E-state index in [-0.39, 0.29) is 30.1 Å². The summed E-state index contributed by atoms with van der Waals surface area (Å²) in [5.41, 5.74) is 0.762. The predicted octanol–water partition coefficient (Wildman–Crippen LogP) is 3.13. The van der Waals surface area contributed by atoms with Crippen molar-refractivity contribution in [1.82, 2.24) is 20.5 Å². The molecular weight excluding hydrogens is 433 g/mol. The molecule has 10 heteroatoms. The van der Waals surface area contributed by atoms with Gasteiger partial charge >= 0.3 is 6.03 Å². The first-order chi connectivity index (χ1) is 15.5. The molecule has 0 unspecified atom stereocenters. The highest BCUT2D eigenvalue weighted by atomic mass is 32.1. The van der Waals surface area contributed by atoms with Gasteiger partial charge in [-0.3, -0.25) is 9.59 Å². The Morgan fingerprint density at radius 3 is 2.56 bits per heavy atom. The molecule has 0 radical (unpaired) electrons. The summed E-state index contributed by atoms with van der Waals surface area (Å²) in [4.78, 5) is 43.5. The average molecular weight is 462 g/mol. The third kappa shape index (κ3) is 6.74. The van der Waals surface area contributed by atoms with Crippen molar-refractivity contribution in [2.75, 3.05) is 18.4 Å². The number of amides is 4. The van der Waals surface area contributed by atoms with Crippen molar-refractivity contribution in [2.45, 2.75) is 45.2 Å². The molecule has 172 valence electrons. The van der Waals surface area contributed by atoms with Gasteiger partial charge in [0.1, 0.15) is 11.9 Å². The van der Waals surface area contributed by atoms with Crippen molar-refractivity contribution in [3.05, 3.63) is 47.2 Å². The number of urea groups is 1. The van der Waals surface area contributed by atoms with Crippen LogP contribution in [0.5, 0.6) is 0 Å². The monoisotopic (exact) mass is 461 g/mol. The molecule has 3 N–H and O–H groups in total. The Balaban J connectivity index is 1.47. The van der Waals surface area contributed by atoms with Crippen LogP contribution in [0.15, 0.2) is 35.8 Å². The van der Waals surface area contributed by atoms with E-state index in [4.69, 9.17) is 0 Å². The number of likely N-dealkylation sites (tertiary alicyclic amines) is 1. The van der Waals surface area contributed by atoms with E-state index in [1.807, 2.05) is 6.92 Å². The number of hydrogen-bond acceptors (Lipinski definition) is 5.